The second-order valence-electron chi connectivity index (χ2n) is 2.99. The summed E-state index contributed by atoms with van der Waals surface area (Å²) in [7, 11) is 0. The first-order valence-corrected chi connectivity index (χ1v) is 4.14. The van der Waals surface area contributed by atoms with E-state index in [2.05, 4.69) is 0 Å². The topological polar surface area (TPSA) is 57.7 Å². The predicted octanol–water partition coefficient (Wildman–Crippen LogP) is -1.12. The lowest BCUT2D eigenvalue weighted by molar-refractivity contribution is -0.145. The van der Waals surface area contributed by atoms with Crippen LogP contribution in [0.15, 0.2) is 0 Å². The molecule has 0 N–H and O–H groups in total. The zero-order valence-electron chi connectivity index (χ0n) is 7.52. The number of nitrogens with zero attached hydrogens (tertiary/aromatic N) is 2. The molecule has 13 heavy (non-hydrogen) atoms. The molecule has 0 radical (unpaired) electrons. The number of Topliss-reactive ketones (excluding diaryl/α,β-unsaturated/α-hetero) is 1. The van der Waals surface area contributed by atoms with Crippen LogP contribution in [0.2, 0.25) is 0 Å². The fraction of sp³-hybridized carbons (Fsp3) is 0.625. The minimum atomic E-state index is -0.453. The Labute approximate surface area is 76.3 Å². The third kappa shape index (κ3) is 2.27. The molecule has 1 saturated heterocycles. The van der Waals surface area contributed by atoms with E-state index in [1.807, 2.05) is 0 Å². The summed E-state index contributed by atoms with van der Waals surface area (Å²) >= 11 is 0. The molecule has 1 aliphatic rings. The quantitative estimate of drug-likeness (QED) is 0.403. The molecule has 0 saturated carbocycles. The van der Waals surface area contributed by atoms with Gasteiger partial charge in [0.15, 0.2) is 0 Å². The predicted molar refractivity (Wildman–Crippen MR) is 44.9 cm³/mol. The lowest BCUT2D eigenvalue weighted by Crippen LogP contribution is -2.49. The Kier molecular flexibility index (Phi) is 3.00. The van der Waals surface area contributed by atoms with Gasteiger partial charge in [0.25, 0.3) is 5.91 Å². The van der Waals surface area contributed by atoms with Crippen molar-refractivity contribution in [1.82, 2.24) is 9.80 Å². The van der Waals surface area contributed by atoms with E-state index >= 15 is 0 Å². The van der Waals surface area contributed by atoms with E-state index in [4.69, 9.17) is 0 Å². The van der Waals surface area contributed by atoms with Crippen LogP contribution >= 0.6 is 0 Å². The average molecular weight is 184 g/mol. The van der Waals surface area contributed by atoms with Crippen LogP contribution in [-0.4, -0.2) is 54.1 Å². The molecule has 1 heterocycles. The minimum absolute atomic E-state index is 0.445. The molecule has 2 amide bonds. The van der Waals surface area contributed by atoms with Crippen LogP contribution in [0.1, 0.15) is 6.92 Å². The van der Waals surface area contributed by atoms with Crippen LogP contribution in [0.5, 0.6) is 0 Å². The standard InChI is InChI=1S/C8H12N2O3/c1-7(12)8(13)10-4-2-9(6-11)3-5-10/h6H,2-5H2,1H3. The molecular formula is C8H12N2O3. The van der Waals surface area contributed by atoms with E-state index in [1.165, 1.54) is 11.8 Å². The first kappa shape index (κ1) is 9.70. The van der Waals surface area contributed by atoms with Crippen LogP contribution in [0, 0.1) is 0 Å². The minimum Gasteiger partial charge on any atom is -0.342 e. The summed E-state index contributed by atoms with van der Waals surface area (Å²) in [5.74, 6) is -0.898. The molecule has 1 rings (SSSR count). The number of ketones is 1. The summed E-state index contributed by atoms with van der Waals surface area (Å²) < 4.78 is 0. The summed E-state index contributed by atoms with van der Waals surface area (Å²) in [5.41, 5.74) is 0. The second-order valence-corrected chi connectivity index (χ2v) is 2.99. The largest absolute Gasteiger partial charge is 0.342 e. The maximum atomic E-state index is 11.2. The van der Waals surface area contributed by atoms with Crippen LogP contribution < -0.4 is 0 Å². The summed E-state index contributed by atoms with van der Waals surface area (Å²) in [5, 5.41) is 0. The normalized spacial score (nSPS) is 17.0. The Morgan fingerprint density at radius 2 is 1.69 bits per heavy atom. The van der Waals surface area contributed by atoms with E-state index in [-0.39, 0.29) is 0 Å². The van der Waals surface area contributed by atoms with E-state index in [1.54, 1.807) is 4.90 Å². The van der Waals surface area contributed by atoms with Gasteiger partial charge in [0, 0.05) is 33.1 Å². The van der Waals surface area contributed by atoms with Gasteiger partial charge in [-0.1, -0.05) is 0 Å². The van der Waals surface area contributed by atoms with Crippen LogP contribution in [0.3, 0.4) is 0 Å². The molecule has 5 heteroatoms. The van der Waals surface area contributed by atoms with Crippen LogP contribution in [-0.2, 0) is 14.4 Å². The average Bonchev–Trinajstić information content (AvgIpc) is 2.17. The van der Waals surface area contributed by atoms with Gasteiger partial charge in [0.1, 0.15) is 0 Å². The zero-order chi connectivity index (χ0) is 9.84. The van der Waals surface area contributed by atoms with Gasteiger partial charge in [-0.05, 0) is 0 Å². The van der Waals surface area contributed by atoms with E-state index in [0.29, 0.717) is 26.2 Å². The third-order valence-electron chi connectivity index (χ3n) is 2.05. The van der Waals surface area contributed by atoms with Gasteiger partial charge in [0.05, 0.1) is 0 Å². The molecule has 1 aliphatic heterocycles. The second kappa shape index (κ2) is 4.02. The van der Waals surface area contributed by atoms with Crippen molar-refractivity contribution in [2.45, 2.75) is 6.92 Å². The third-order valence-corrected chi connectivity index (χ3v) is 2.05. The van der Waals surface area contributed by atoms with Crippen LogP contribution in [0.4, 0.5) is 0 Å². The number of carbonyl (C=O) groups is 3. The summed E-state index contributed by atoms with van der Waals surface area (Å²) in [6.45, 7) is 3.20. The van der Waals surface area contributed by atoms with Crippen molar-refractivity contribution in [2.75, 3.05) is 26.2 Å². The van der Waals surface area contributed by atoms with E-state index in [0.717, 1.165) is 6.41 Å². The lowest BCUT2D eigenvalue weighted by atomic mass is 10.3. The van der Waals surface area contributed by atoms with Gasteiger partial charge in [-0.2, -0.15) is 0 Å². The smallest absolute Gasteiger partial charge is 0.289 e. The number of rotatable bonds is 2. The Balaban J connectivity index is 2.45. The summed E-state index contributed by atoms with van der Waals surface area (Å²) in [6, 6.07) is 0. The van der Waals surface area contributed by atoms with Gasteiger partial charge in [-0.25, -0.2) is 0 Å². The highest BCUT2D eigenvalue weighted by atomic mass is 16.2. The highest BCUT2D eigenvalue weighted by Gasteiger charge is 2.22. The molecule has 0 aromatic rings. The number of carbonyl (C=O) groups excluding carboxylic acids is 3. The Hall–Kier alpha value is -1.39. The molecule has 0 aromatic heterocycles. The van der Waals surface area contributed by atoms with Crippen molar-refractivity contribution in [3.63, 3.8) is 0 Å². The summed E-state index contributed by atoms with van der Waals surface area (Å²) in [6.07, 6.45) is 0.760. The van der Waals surface area contributed by atoms with Gasteiger partial charge < -0.3 is 9.80 Å². The molecular weight excluding hydrogens is 172 g/mol. The summed E-state index contributed by atoms with van der Waals surface area (Å²) in [4.78, 5) is 35.3. The van der Waals surface area contributed by atoms with Gasteiger partial charge >= 0.3 is 0 Å². The molecule has 0 unspecified atom stereocenters. The van der Waals surface area contributed by atoms with Crippen molar-refractivity contribution in [3.05, 3.63) is 0 Å². The SMILES string of the molecule is CC(=O)C(=O)N1CCN(C=O)CC1. The fourth-order valence-electron chi connectivity index (χ4n) is 1.25. The number of hydrogen-bond donors (Lipinski definition) is 0. The van der Waals surface area contributed by atoms with Gasteiger partial charge in [0.2, 0.25) is 12.2 Å². The van der Waals surface area contributed by atoms with Gasteiger partial charge in [-0.15, -0.1) is 0 Å². The Morgan fingerprint density at radius 3 is 2.08 bits per heavy atom. The van der Waals surface area contributed by atoms with Crippen molar-refractivity contribution in [1.29, 1.82) is 0 Å². The molecule has 72 valence electrons. The molecule has 5 nitrogen and oxygen atoms in total. The number of piperazine rings is 1. The first-order chi connectivity index (χ1) is 6.15. The molecule has 0 aromatic carbocycles. The highest BCUT2D eigenvalue weighted by Crippen LogP contribution is 1.99. The maximum absolute atomic E-state index is 11.2. The molecule has 0 bridgehead atoms. The Bertz CT molecular complexity index is 232. The lowest BCUT2D eigenvalue weighted by Gasteiger charge is -2.31. The van der Waals surface area contributed by atoms with E-state index < -0.39 is 11.7 Å². The van der Waals surface area contributed by atoms with Gasteiger partial charge in [-0.3, -0.25) is 14.4 Å². The van der Waals surface area contributed by atoms with Crippen molar-refractivity contribution < 1.29 is 14.4 Å². The van der Waals surface area contributed by atoms with Crippen molar-refractivity contribution in [3.8, 4) is 0 Å². The highest BCUT2D eigenvalue weighted by molar-refractivity contribution is 6.35. The monoisotopic (exact) mass is 184 g/mol. The zero-order valence-corrected chi connectivity index (χ0v) is 7.52. The first-order valence-electron chi connectivity index (χ1n) is 4.14. The molecule has 0 spiro atoms. The van der Waals surface area contributed by atoms with Crippen molar-refractivity contribution >= 4 is 18.1 Å². The molecule has 0 atom stereocenters. The van der Waals surface area contributed by atoms with Crippen molar-refractivity contribution in [2.24, 2.45) is 0 Å². The number of hydrogen-bond acceptors (Lipinski definition) is 3. The Morgan fingerprint density at radius 1 is 1.15 bits per heavy atom. The van der Waals surface area contributed by atoms with Crippen LogP contribution in [0.25, 0.3) is 0 Å². The fourth-order valence-corrected chi connectivity index (χ4v) is 1.25. The number of amides is 2. The maximum Gasteiger partial charge on any atom is 0.289 e. The molecule has 0 aliphatic carbocycles. The molecule has 1 fully saturated rings. The van der Waals surface area contributed by atoms with E-state index in [9.17, 15) is 14.4 Å².